The van der Waals surface area contributed by atoms with Gasteiger partial charge >= 0.3 is 5.97 Å². The van der Waals surface area contributed by atoms with Crippen LogP contribution in [0.3, 0.4) is 0 Å². The van der Waals surface area contributed by atoms with Gasteiger partial charge in [0.25, 0.3) is 0 Å². The SMILES string of the molecule is CCCn1ccnc1.C[C@H](N)C(=O)O. The van der Waals surface area contributed by atoms with Crippen LogP contribution in [0.15, 0.2) is 18.7 Å². The highest BCUT2D eigenvalue weighted by Gasteiger charge is 1.99. The van der Waals surface area contributed by atoms with E-state index in [-0.39, 0.29) is 0 Å². The zero-order valence-corrected chi connectivity index (χ0v) is 8.55. The van der Waals surface area contributed by atoms with E-state index in [1.165, 1.54) is 13.3 Å². The zero-order chi connectivity index (χ0) is 11.0. The van der Waals surface area contributed by atoms with E-state index in [1.807, 2.05) is 12.5 Å². The molecular weight excluding hydrogens is 182 g/mol. The molecule has 0 aromatic carbocycles. The number of nitrogens with zero attached hydrogens (tertiary/aromatic N) is 2. The maximum Gasteiger partial charge on any atom is 0.320 e. The molecule has 0 spiro atoms. The number of rotatable bonds is 3. The third kappa shape index (κ3) is 6.19. The van der Waals surface area contributed by atoms with Gasteiger partial charge in [0.15, 0.2) is 0 Å². The minimum atomic E-state index is -0.963. The van der Waals surface area contributed by atoms with Gasteiger partial charge < -0.3 is 15.4 Å². The van der Waals surface area contributed by atoms with E-state index in [2.05, 4.69) is 16.5 Å². The van der Waals surface area contributed by atoms with Gasteiger partial charge in [-0.1, -0.05) is 6.92 Å². The van der Waals surface area contributed by atoms with Crippen molar-refractivity contribution >= 4 is 5.97 Å². The van der Waals surface area contributed by atoms with Crippen LogP contribution in [0.2, 0.25) is 0 Å². The number of aromatic nitrogens is 2. The lowest BCUT2D eigenvalue weighted by atomic mass is 10.4. The quantitative estimate of drug-likeness (QED) is 0.751. The van der Waals surface area contributed by atoms with E-state index >= 15 is 0 Å². The minimum Gasteiger partial charge on any atom is -0.480 e. The van der Waals surface area contributed by atoms with Crippen molar-refractivity contribution in [3.63, 3.8) is 0 Å². The molecule has 0 bridgehead atoms. The van der Waals surface area contributed by atoms with E-state index in [9.17, 15) is 4.79 Å². The Kier molecular flexibility index (Phi) is 6.39. The molecule has 0 aliphatic rings. The Bertz CT molecular complexity index is 245. The summed E-state index contributed by atoms with van der Waals surface area (Å²) >= 11 is 0. The minimum absolute atomic E-state index is 0.731. The molecule has 0 radical (unpaired) electrons. The summed E-state index contributed by atoms with van der Waals surface area (Å²) in [5, 5.41) is 7.87. The van der Waals surface area contributed by atoms with Crippen LogP contribution < -0.4 is 5.73 Å². The fourth-order valence-corrected chi connectivity index (χ4v) is 0.677. The highest BCUT2D eigenvalue weighted by molar-refractivity contribution is 5.72. The molecular formula is C9H17N3O2. The molecule has 0 amide bonds. The molecule has 1 rings (SSSR count). The predicted molar refractivity (Wildman–Crippen MR) is 53.8 cm³/mol. The van der Waals surface area contributed by atoms with Crippen LogP contribution in [0.4, 0.5) is 0 Å². The number of carboxylic acid groups (broad SMARTS) is 1. The largest absolute Gasteiger partial charge is 0.480 e. The monoisotopic (exact) mass is 199 g/mol. The number of carboxylic acids is 1. The first-order valence-corrected chi connectivity index (χ1v) is 4.52. The summed E-state index contributed by atoms with van der Waals surface area (Å²) in [6, 6.07) is -0.731. The average Bonchev–Trinajstić information content (AvgIpc) is 2.58. The van der Waals surface area contributed by atoms with Gasteiger partial charge in [-0.05, 0) is 13.3 Å². The molecule has 14 heavy (non-hydrogen) atoms. The van der Waals surface area contributed by atoms with Gasteiger partial charge in [0.2, 0.25) is 0 Å². The number of nitrogens with two attached hydrogens (primary N) is 1. The summed E-state index contributed by atoms with van der Waals surface area (Å²) in [5.74, 6) is -0.963. The van der Waals surface area contributed by atoms with Crippen molar-refractivity contribution in [3.05, 3.63) is 18.7 Å². The van der Waals surface area contributed by atoms with Gasteiger partial charge in [0, 0.05) is 18.9 Å². The lowest BCUT2D eigenvalue weighted by Crippen LogP contribution is -2.25. The number of aryl methyl sites for hydroxylation is 1. The first kappa shape index (κ1) is 12.6. The topological polar surface area (TPSA) is 81.1 Å². The molecule has 0 saturated heterocycles. The van der Waals surface area contributed by atoms with Crippen molar-refractivity contribution in [2.24, 2.45) is 5.73 Å². The van der Waals surface area contributed by atoms with Crippen molar-refractivity contribution in [2.75, 3.05) is 0 Å². The van der Waals surface area contributed by atoms with Gasteiger partial charge in [-0.3, -0.25) is 4.79 Å². The molecule has 0 saturated carbocycles. The molecule has 80 valence electrons. The molecule has 1 aromatic rings. The number of hydrogen-bond acceptors (Lipinski definition) is 3. The van der Waals surface area contributed by atoms with Crippen molar-refractivity contribution in [2.45, 2.75) is 32.9 Å². The lowest BCUT2D eigenvalue weighted by molar-refractivity contribution is -0.138. The van der Waals surface area contributed by atoms with E-state index in [4.69, 9.17) is 10.8 Å². The fourth-order valence-electron chi connectivity index (χ4n) is 0.677. The Hall–Kier alpha value is -1.36. The highest BCUT2D eigenvalue weighted by Crippen LogP contribution is 1.87. The Morgan fingerprint density at radius 1 is 1.71 bits per heavy atom. The van der Waals surface area contributed by atoms with E-state index in [1.54, 1.807) is 6.20 Å². The molecule has 1 aromatic heterocycles. The normalized spacial score (nSPS) is 11.4. The highest BCUT2D eigenvalue weighted by atomic mass is 16.4. The Labute approximate surface area is 83.6 Å². The fraction of sp³-hybridized carbons (Fsp3) is 0.556. The molecule has 0 fully saturated rings. The summed E-state index contributed by atoms with van der Waals surface area (Å²) in [6.07, 6.45) is 6.79. The molecule has 0 aliphatic carbocycles. The van der Waals surface area contributed by atoms with Crippen molar-refractivity contribution < 1.29 is 9.90 Å². The van der Waals surface area contributed by atoms with Crippen LogP contribution >= 0.6 is 0 Å². The summed E-state index contributed by atoms with van der Waals surface area (Å²) < 4.78 is 2.07. The second-order valence-electron chi connectivity index (χ2n) is 2.93. The summed E-state index contributed by atoms with van der Waals surface area (Å²) in [7, 11) is 0. The average molecular weight is 199 g/mol. The Morgan fingerprint density at radius 3 is 2.57 bits per heavy atom. The maximum absolute atomic E-state index is 9.57. The lowest BCUT2D eigenvalue weighted by Gasteiger charge is -1.93. The molecule has 1 atom stereocenters. The van der Waals surface area contributed by atoms with Crippen LogP contribution in [0.25, 0.3) is 0 Å². The number of hydrogen-bond donors (Lipinski definition) is 2. The van der Waals surface area contributed by atoms with E-state index < -0.39 is 12.0 Å². The van der Waals surface area contributed by atoms with Crippen molar-refractivity contribution in [3.8, 4) is 0 Å². The molecule has 3 N–H and O–H groups in total. The number of imidazole rings is 1. The number of carbonyl (C=O) groups is 1. The number of aliphatic carboxylic acids is 1. The molecule has 1 heterocycles. The first-order chi connectivity index (χ1) is 6.57. The summed E-state index contributed by atoms with van der Waals surface area (Å²) in [6.45, 7) is 4.66. The van der Waals surface area contributed by atoms with Crippen molar-refractivity contribution in [1.29, 1.82) is 0 Å². The van der Waals surface area contributed by atoms with Crippen LogP contribution in [-0.2, 0) is 11.3 Å². The zero-order valence-electron chi connectivity index (χ0n) is 8.55. The van der Waals surface area contributed by atoms with Crippen LogP contribution in [-0.4, -0.2) is 26.7 Å². The van der Waals surface area contributed by atoms with Gasteiger partial charge in [0.05, 0.1) is 6.33 Å². The van der Waals surface area contributed by atoms with Crippen molar-refractivity contribution in [1.82, 2.24) is 9.55 Å². The van der Waals surface area contributed by atoms with Gasteiger partial charge in [0.1, 0.15) is 6.04 Å². The first-order valence-electron chi connectivity index (χ1n) is 4.52. The summed E-state index contributed by atoms with van der Waals surface area (Å²) in [5.41, 5.74) is 4.84. The third-order valence-electron chi connectivity index (χ3n) is 1.43. The Morgan fingerprint density at radius 2 is 2.29 bits per heavy atom. The maximum atomic E-state index is 9.57. The predicted octanol–water partition coefficient (Wildman–Crippen LogP) is 0.711. The molecule has 0 unspecified atom stereocenters. The van der Waals surface area contributed by atoms with Gasteiger partial charge in [-0.2, -0.15) is 0 Å². The summed E-state index contributed by atoms with van der Waals surface area (Å²) in [4.78, 5) is 13.5. The Balaban J connectivity index is 0.000000255. The van der Waals surface area contributed by atoms with E-state index in [0.29, 0.717) is 0 Å². The third-order valence-corrected chi connectivity index (χ3v) is 1.43. The standard InChI is InChI=1S/C6H10N2.C3H7NO2/c1-2-4-8-5-3-7-6-8;1-2(4)3(5)6/h3,5-6H,2,4H2,1H3;2H,4H2,1H3,(H,5,6)/t;2-/m.0/s1. The van der Waals surface area contributed by atoms with Gasteiger partial charge in [-0.25, -0.2) is 4.98 Å². The van der Waals surface area contributed by atoms with Crippen LogP contribution in [0.1, 0.15) is 20.3 Å². The smallest absolute Gasteiger partial charge is 0.320 e. The molecule has 5 heteroatoms. The van der Waals surface area contributed by atoms with Crippen LogP contribution in [0, 0.1) is 0 Å². The van der Waals surface area contributed by atoms with Gasteiger partial charge in [-0.15, -0.1) is 0 Å². The van der Waals surface area contributed by atoms with Crippen LogP contribution in [0.5, 0.6) is 0 Å². The molecule has 5 nitrogen and oxygen atoms in total. The second-order valence-corrected chi connectivity index (χ2v) is 2.93. The second kappa shape index (κ2) is 7.08. The molecule has 0 aliphatic heterocycles. The van der Waals surface area contributed by atoms with E-state index in [0.717, 1.165) is 6.54 Å².